The second kappa shape index (κ2) is 7.76. The van der Waals surface area contributed by atoms with Gasteiger partial charge in [0.25, 0.3) is 0 Å². The maximum absolute atomic E-state index is 10.9. The number of carbonyl (C=O) groups is 1. The molecule has 0 radical (unpaired) electrons. The normalized spacial score (nSPS) is 10.3. The SMILES string of the molecule is CC(C)CCC(=O)OSSCO. The van der Waals surface area contributed by atoms with E-state index in [0.717, 1.165) is 28.3 Å². The summed E-state index contributed by atoms with van der Waals surface area (Å²) in [6.07, 6.45) is 1.31. The van der Waals surface area contributed by atoms with Crippen LogP contribution in [0.5, 0.6) is 0 Å². The number of aliphatic hydroxyl groups excluding tert-OH is 1. The Kier molecular flexibility index (Phi) is 7.85. The third-order valence-corrected chi connectivity index (χ3v) is 2.42. The lowest BCUT2D eigenvalue weighted by molar-refractivity contribution is -0.133. The maximum atomic E-state index is 10.9. The average molecular weight is 210 g/mol. The van der Waals surface area contributed by atoms with E-state index in [9.17, 15) is 4.79 Å². The molecule has 0 unspecified atom stereocenters. The molecule has 0 amide bonds. The number of carbonyl (C=O) groups excluding carboxylic acids is 1. The van der Waals surface area contributed by atoms with Gasteiger partial charge in [0, 0.05) is 6.42 Å². The molecule has 0 aromatic rings. The number of aliphatic hydroxyl groups is 1. The van der Waals surface area contributed by atoms with Gasteiger partial charge in [0.05, 0.1) is 0 Å². The Bertz CT molecular complexity index is 128. The second-order valence-corrected chi connectivity index (χ2v) is 4.61. The van der Waals surface area contributed by atoms with Crippen molar-refractivity contribution in [3.63, 3.8) is 0 Å². The van der Waals surface area contributed by atoms with Crippen LogP contribution in [0.15, 0.2) is 0 Å². The van der Waals surface area contributed by atoms with Gasteiger partial charge >= 0.3 is 5.97 Å². The lowest BCUT2D eigenvalue weighted by Crippen LogP contribution is -2.00. The van der Waals surface area contributed by atoms with Gasteiger partial charge in [-0.1, -0.05) is 13.8 Å². The first-order valence-corrected chi connectivity index (χ1v) is 6.01. The van der Waals surface area contributed by atoms with Crippen molar-refractivity contribution in [3.8, 4) is 0 Å². The molecule has 3 nitrogen and oxygen atoms in total. The third-order valence-electron chi connectivity index (χ3n) is 1.15. The van der Waals surface area contributed by atoms with Crippen molar-refractivity contribution < 1.29 is 14.1 Å². The largest absolute Gasteiger partial charge is 0.385 e. The predicted molar refractivity (Wildman–Crippen MR) is 52.4 cm³/mol. The molecular formula is C7H14O3S2. The number of hydrogen-bond donors (Lipinski definition) is 1. The van der Waals surface area contributed by atoms with E-state index >= 15 is 0 Å². The Morgan fingerprint density at radius 1 is 1.58 bits per heavy atom. The molecule has 0 rings (SSSR count). The first-order chi connectivity index (χ1) is 5.66. The quantitative estimate of drug-likeness (QED) is 0.315. The predicted octanol–water partition coefficient (Wildman–Crippen LogP) is 2.21. The molecule has 0 fully saturated rings. The molecule has 5 heteroatoms. The van der Waals surface area contributed by atoms with Gasteiger partial charge in [0.2, 0.25) is 0 Å². The highest BCUT2D eigenvalue weighted by Gasteiger charge is 2.04. The molecule has 72 valence electrons. The topological polar surface area (TPSA) is 46.5 Å². The fourth-order valence-corrected chi connectivity index (χ4v) is 1.28. The van der Waals surface area contributed by atoms with E-state index in [1.165, 1.54) is 0 Å². The van der Waals surface area contributed by atoms with Gasteiger partial charge in [0.15, 0.2) is 0 Å². The minimum absolute atomic E-state index is 0.0396. The van der Waals surface area contributed by atoms with Crippen molar-refractivity contribution in [2.75, 3.05) is 5.94 Å². The van der Waals surface area contributed by atoms with Crippen LogP contribution < -0.4 is 0 Å². The molecule has 0 bridgehead atoms. The third kappa shape index (κ3) is 8.23. The van der Waals surface area contributed by atoms with Crippen LogP contribution in [0.4, 0.5) is 0 Å². The van der Waals surface area contributed by atoms with Crippen LogP contribution in [0, 0.1) is 5.92 Å². The van der Waals surface area contributed by atoms with Crippen LogP contribution in [0.25, 0.3) is 0 Å². The Hall–Kier alpha value is 0.130. The summed E-state index contributed by atoms with van der Waals surface area (Å²) in [7, 11) is 1.10. The van der Waals surface area contributed by atoms with E-state index in [4.69, 9.17) is 9.29 Å². The van der Waals surface area contributed by atoms with Crippen LogP contribution in [0.3, 0.4) is 0 Å². The first kappa shape index (κ1) is 12.1. The van der Waals surface area contributed by atoms with Crippen LogP contribution in [0.2, 0.25) is 0 Å². The molecular weight excluding hydrogens is 196 g/mol. The van der Waals surface area contributed by atoms with Crippen molar-refractivity contribution in [2.24, 2.45) is 5.92 Å². The molecule has 0 aliphatic heterocycles. The molecule has 0 aliphatic rings. The van der Waals surface area contributed by atoms with E-state index in [-0.39, 0.29) is 11.9 Å². The smallest absolute Gasteiger partial charge is 0.318 e. The molecule has 0 aromatic heterocycles. The maximum Gasteiger partial charge on any atom is 0.318 e. The zero-order valence-corrected chi connectivity index (χ0v) is 8.91. The summed E-state index contributed by atoms with van der Waals surface area (Å²) in [6, 6.07) is 0. The minimum Gasteiger partial charge on any atom is -0.385 e. The van der Waals surface area contributed by atoms with Gasteiger partial charge in [-0.2, -0.15) is 0 Å². The van der Waals surface area contributed by atoms with Crippen LogP contribution >= 0.6 is 21.9 Å². The van der Waals surface area contributed by atoms with E-state index in [1.807, 2.05) is 0 Å². The molecule has 1 N–H and O–H groups in total. The zero-order valence-electron chi connectivity index (χ0n) is 7.28. The van der Waals surface area contributed by atoms with E-state index < -0.39 is 0 Å². The molecule has 0 saturated carbocycles. The molecule has 0 aliphatic carbocycles. The fourth-order valence-electron chi connectivity index (χ4n) is 0.532. The zero-order chi connectivity index (χ0) is 9.40. The average Bonchev–Trinajstić information content (AvgIpc) is 2.01. The highest BCUT2D eigenvalue weighted by molar-refractivity contribution is 8.74. The summed E-state index contributed by atoms with van der Waals surface area (Å²) in [4.78, 5) is 10.9. The van der Waals surface area contributed by atoms with Gasteiger partial charge in [-0.3, -0.25) is 4.79 Å². The van der Waals surface area contributed by atoms with Gasteiger partial charge < -0.3 is 9.29 Å². The van der Waals surface area contributed by atoms with E-state index in [0.29, 0.717) is 12.3 Å². The van der Waals surface area contributed by atoms with Crippen LogP contribution in [-0.2, 0) is 8.98 Å². The van der Waals surface area contributed by atoms with Crippen molar-refractivity contribution in [1.82, 2.24) is 0 Å². The summed E-state index contributed by atoms with van der Waals surface area (Å²) in [5.41, 5.74) is 0. The summed E-state index contributed by atoms with van der Waals surface area (Å²) in [5.74, 6) is 0.268. The second-order valence-electron chi connectivity index (χ2n) is 2.70. The fraction of sp³-hybridized carbons (Fsp3) is 0.857. The molecule has 12 heavy (non-hydrogen) atoms. The molecule has 0 spiro atoms. The van der Waals surface area contributed by atoms with Crippen molar-refractivity contribution in [1.29, 1.82) is 0 Å². The minimum atomic E-state index is -0.213. The number of hydrogen-bond acceptors (Lipinski definition) is 5. The summed E-state index contributed by atoms with van der Waals surface area (Å²) < 4.78 is 4.71. The monoisotopic (exact) mass is 210 g/mol. The van der Waals surface area contributed by atoms with Crippen molar-refractivity contribution in [2.45, 2.75) is 26.7 Å². The Morgan fingerprint density at radius 2 is 2.25 bits per heavy atom. The first-order valence-electron chi connectivity index (χ1n) is 3.76. The Balaban J connectivity index is 3.22. The molecule has 0 heterocycles. The van der Waals surface area contributed by atoms with E-state index in [2.05, 4.69) is 13.8 Å². The Labute approximate surface area is 80.9 Å². The molecule has 0 aromatic carbocycles. The highest BCUT2D eigenvalue weighted by Crippen LogP contribution is 2.21. The van der Waals surface area contributed by atoms with Gasteiger partial charge in [0.1, 0.15) is 17.0 Å². The summed E-state index contributed by atoms with van der Waals surface area (Å²) in [6.45, 7) is 4.12. The van der Waals surface area contributed by atoms with Crippen molar-refractivity contribution >= 4 is 27.8 Å². The van der Waals surface area contributed by atoms with Crippen LogP contribution in [-0.4, -0.2) is 17.0 Å². The molecule has 0 saturated heterocycles. The standard InChI is InChI=1S/C7H14O3S2/c1-6(2)3-4-7(9)10-12-11-5-8/h6,8H,3-5H2,1-2H3. The Morgan fingerprint density at radius 3 is 2.75 bits per heavy atom. The lowest BCUT2D eigenvalue weighted by atomic mass is 10.1. The number of rotatable bonds is 6. The highest BCUT2D eigenvalue weighted by atomic mass is 33.1. The van der Waals surface area contributed by atoms with Gasteiger partial charge in [-0.25, -0.2) is 0 Å². The van der Waals surface area contributed by atoms with Crippen LogP contribution in [0.1, 0.15) is 26.7 Å². The summed E-state index contributed by atoms with van der Waals surface area (Å²) in [5, 5.41) is 8.35. The van der Waals surface area contributed by atoms with Crippen molar-refractivity contribution in [3.05, 3.63) is 0 Å². The molecule has 0 atom stereocenters. The van der Waals surface area contributed by atoms with Gasteiger partial charge in [-0.15, -0.1) is 0 Å². The van der Waals surface area contributed by atoms with E-state index in [1.54, 1.807) is 0 Å². The summed E-state index contributed by atoms with van der Waals surface area (Å²) >= 11 is 0.930. The van der Waals surface area contributed by atoms with Gasteiger partial charge in [-0.05, 0) is 23.1 Å². The lowest BCUT2D eigenvalue weighted by Gasteiger charge is -2.02.